The van der Waals surface area contributed by atoms with Crippen molar-refractivity contribution in [3.05, 3.63) is 72.6 Å². The van der Waals surface area contributed by atoms with Crippen molar-refractivity contribution < 1.29 is 4.79 Å². The number of nitrogens with zero attached hydrogens (tertiary/aromatic N) is 5. The Hall–Kier alpha value is -3.91. The van der Waals surface area contributed by atoms with Crippen molar-refractivity contribution in [2.24, 2.45) is 5.73 Å². The fraction of sp³-hybridized carbons (Fsp3) is 0.208. The van der Waals surface area contributed by atoms with E-state index in [1.807, 2.05) is 41.1 Å². The maximum Gasteiger partial charge on any atom is 0.248 e. The Morgan fingerprint density at radius 1 is 1.00 bits per heavy atom. The number of carbonyl (C=O) groups is 1. The predicted molar refractivity (Wildman–Crippen MR) is 127 cm³/mol. The highest BCUT2D eigenvalue weighted by Gasteiger charge is 2.15. The highest BCUT2D eigenvalue weighted by Crippen LogP contribution is 2.24. The molecule has 8 heteroatoms. The number of rotatable bonds is 5. The lowest BCUT2D eigenvalue weighted by Gasteiger charge is -2.34. The minimum atomic E-state index is -0.458. The van der Waals surface area contributed by atoms with Crippen LogP contribution in [0.15, 0.2) is 67.0 Å². The van der Waals surface area contributed by atoms with E-state index in [9.17, 15) is 4.79 Å². The zero-order chi connectivity index (χ0) is 22.1. The Morgan fingerprint density at radius 2 is 1.78 bits per heavy atom. The molecule has 0 saturated carbocycles. The van der Waals surface area contributed by atoms with Crippen LogP contribution in [0.4, 0.5) is 17.3 Å². The summed E-state index contributed by atoms with van der Waals surface area (Å²) in [6, 6.07) is 17.5. The summed E-state index contributed by atoms with van der Waals surface area (Å²) < 4.78 is 1.93. The molecule has 0 bridgehead atoms. The van der Waals surface area contributed by atoms with E-state index in [2.05, 4.69) is 39.3 Å². The van der Waals surface area contributed by atoms with Crippen LogP contribution in [0.5, 0.6) is 0 Å². The van der Waals surface area contributed by atoms with Gasteiger partial charge < -0.3 is 25.4 Å². The van der Waals surface area contributed by atoms with Crippen LogP contribution in [-0.2, 0) is 0 Å². The number of nitrogens with one attached hydrogen (secondary N) is 1. The number of carbonyl (C=O) groups excluding carboxylic acids is 1. The van der Waals surface area contributed by atoms with Gasteiger partial charge in [0.15, 0.2) is 0 Å². The van der Waals surface area contributed by atoms with Crippen LogP contribution in [0.25, 0.3) is 16.7 Å². The van der Waals surface area contributed by atoms with Crippen molar-refractivity contribution in [3.63, 3.8) is 0 Å². The lowest BCUT2D eigenvalue weighted by molar-refractivity contribution is 0.1000. The molecule has 0 spiro atoms. The summed E-state index contributed by atoms with van der Waals surface area (Å²) in [7, 11) is 2.16. The Bertz CT molecular complexity index is 1270. The minimum absolute atomic E-state index is 0.456. The largest absolute Gasteiger partial charge is 0.369 e. The monoisotopic (exact) mass is 427 g/mol. The Balaban J connectivity index is 1.42. The Kier molecular flexibility index (Phi) is 5.20. The number of primary amides is 1. The number of hydrogen-bond donors (Lipinski definition) is 2. The second-order valence-electron chi connectivity index (χ2n) is 8.04. The number of piperazine rings is 1. The third kappa shape index (κ3) is 4.00. The molecule has 2 aromatic carbocycles. The van der Waals surface area contributed by atoms with Crippen molar-refractivity contribution in [2.75, 3.05) is 43.4 Å². The van der Waals surface area contributed by atoms with Crippen LogP contribution in [0.3, 0.4) is 0 Å². The molecular weight excluding hydrogens is 402 g/mol. The van der Waals surface area contributed by atoms with Crippen molar-refractivity contribution in [1.29, 1.82) is 0 Å². The van der Waals surface area contributed by atoms with Gasteiger partial charge in [0.25, 0.3) is 0 Å². The minimum Gasteiger partial charge on any atom is -0.369 e. The summed E-state index contributed by atoms with van der Waals surface area (Å²) in [5.41, 5.74) is 9.59. The predicted octanol–water partition coefficient (Wildman–Crippen LogP) is 3.01. The van der Waals surface area contributed by atoms with Gasteiger partial charge in [-0.15, -0.1) is 0 Å². The zero-order valence-electron chi connectivity index (χ0n) is 17.9. The zero-order valence-corrected chi connectivity index (χ0v) is 17.9. The van der Waals surface area contributed by atoms with Crippen molar-refractivity contribution in [2.45, 2.75) is 0 Å². The molecule has 1 saturated heterocycles. The standard InChI is InChI=1S/C24H25N7O/c1-29-10-12-30(13-11-29)20-6-3-5-19(15-20)27-24-26-16-18-8-9-31(23(18)28-24)21-7-2-4-17(14-21)22(25)32/h2-9,14-16H,10-13H2,1H3,(H2,25,32)(H,26,27,28). The molecule has 1 amide bonds. The fourth-order valence-corrected chi connectivity index (χ4v) is 3.97. The maximum absolute atomic E-state index is 11.6. The lowest BCUT2D eigenvalue weighted by atomic mass is 10.2. The molecule has 3 heterocycles. The highest BCUT2D eigenvalue weighted by molar-refractivity contribution is 5.93. The van der Waals surface area contributed by atoms with E-state index >= 15 is 0 Å². The first-order chi connectivity index (χ1) is 15.6. The second-order valence-corrected chi connectivity index (χ2v) is 8.04. The van der Waals surface area contributed by atoms with E-state index in [1.165, 1.54) is 5.69 Å². The molecule has 0 aliphatic carbocycles. The van der Waals surface area contributed by atoms with Crippen molar-refractivity contribution in [1.82, 2.24) is 19.4 Å². The quantitative estimate of drug-likeness (QED) is 0.509. The van der Waals surface area contributed by atoms with Gasteiger partial charge >= 0.3 is 0 Å². The van der Waals surface area contributed by atoms with Gasteiger partial charge in [-0.3, -0.25) is 4.79 Å². The van der Waals surface area contributed by atoms with Gasteiger partial charge in [0.2, 0.25) is 11.9 Å². The number of aromatic nitrogens is 3. The van der Waals surface area contributed by atoms with Crippen molar-refractivity contribution >= 4 is 34.3 Å². The average Bonchev–Trinajstić information content (AvgIpc) is 3.23. The van der Waals surface area contributed by atoms with E-state index in [4.69, 9.17) is 10.7 Å². The van der Waals surface area contributed by atoms with Gasteiger partial charge in [0.1, 0.15) is 5.65 Å². The van der Waals surface area contributed by atoms with Crippen LogP contribution < -0.4 is 16.0 Å². The molecule has 4 aromatic rings. The van der Waals surface area contributed by atoms with E-state index in [-0.39, 0.29) is 0 Å². The first-order valence-corrected chi connectivity index (χ1v) is 10.6. The summed E-state index contributed by atoms with van der Waals surface area (Å²) in [4.78, 5) is 25.5. The van der Waals surface area contributed by atoms with E-state index in [0.717, 1.165) is 48.6 Å². The van der Waals surface area contributed by atoms with Gasteiger partial charge in [0, 0.05) is 66.6 Å². The van der Waals surface area contributed by atoms with Gasteiger partial charge in [-0.2, -0.15) is 4.98 Å². The SMILES string of the molecule is CN1CCN(c2cccc(Nc3ncc4ccn(-c5cccc(C(N)=O)c5)c4n3)c2)CC1. The summed E-state index contributed by atoms with van der Waals surface area (Å²) in [5, 5.41) is 4.24. The summed E-state index contributed by atoms with van der Waals surface area (Å²) in [6.45, 7) is 4.15. The van der Waals surface area contributed by atoms with Crippen LogP contribution in [-0.4, -0.2) is 58.6 Å². The number of fused-ring (bicyclic) bond motifs is 1. The Morgan fingerprint density at radius 3 is 2.59 bits per heavy atom. The molecule has 1 fully saturated rings. The van der Waals surface area contributed by atoms with E-state index in [1.54, 1.807) is 18.3 Å². The molecule has 0 atom stereocenters. The van der Waals surface area contributed by atoms with E-state index < -0.39 is 5.91 Å². The first kappa shape index (κ1) is 20.0. The van der Waals surface area contributed by atoms with Gasteiger partial charge in [-0.05, 0) is 49.5 Å². The third-order valence-electron chi connectivity index (χ3n) is 5.81. The number of amides is 1. The first-order valence-electron chi connectivity index (χ1n) is 10.6. The molecule has 8 nitrogen and oxygen atoms in total. The number of benzene rings is 2. The summed E-state index contributed by atoms with van der Waals surface area (Å²) >= 11 is 0. The molecular formula is C24H25N7O. The normalized spacial score (nSPS) is 14.6. The molecule has 0 radical (unpaired) electrons. The van der Waals surface area contributed by atoms with Crippen LogP contribution >= 0.6 is 0 Å². The molecule has 5 rings (SSSR count). The summed E-state index contributed by atoms with van der Waals surface area (Å²) in [5.74, 6) is 0.0551. The average molecular weight is 428 g/mol. The summed E-state index contributed by atoms with van der Waals surface area (Å²) in [6.07, 6.45) is 3.71. The highest BCUT2D eigenvalue weighted by atomic mass is 16.1. The number of nitrogens with two attached hydrogens (primary N) is 1. The van der Waals surface area contributed by atoms with Crippen LogP contribution in [0.1, 0.15) is 10.4 Å². The van der Waals surface area contributed by atoms with E-state index in [0.29, 0.717) is 11.5 Å². The van der Waals surface area contributed by atoms with Crippen LogP contribution in [0.2, 0.25) is 0 Å². The molecule has 32 heavy (non-hydrogen) atoms. The second kappa shape index (κ2) is 8.32. The fourth-order valence-electron chi connectivity index (χ4n) is 3.97. The molecule has 162 valence electrons. The number of anilines is 3. The van der Waals surface area contributed by atoms with Gasteiger partial charge in [0.05, 0.1) is 0 Å². The maximum atomic E-state index is 11.6. The van der Waals surface area contributed by atoms with Gasteiger partial charge in [-0.25, -0.2) is 4.98 Å². The molecule has 2 aromatic heterocycles. The number of hydrogen-bond acceptors (Lipinski definition) is 6. The smallest absolute Gasteiger partial charge is 0.248 e. The Labute approximate surface area is 186 Å². The molecule has 0 unspecified atom stereocenters. The molecule has 1 aliphatic rings. The topological polar surface area (TPSA) is 92.3 Å². The van der Waals surface area contributed by atoms with Crippen LogP contribution in [0, 0.1) is 0 Å². The molecule has 1 aliphatic heterocycles. The number of likely N-dealkylation sites (N-methyl/N-ethyl adjacent to an activating group) is 1. The third-order valence-corrected chi connectivity index (χ3v) is 5.81. The van der Waals surface area contributed by atoms with Crippen molar-refractivity contribution in [3.8, 4) is 5.69 Å². The van der Waals surface area contributed by atoms with Gasteiger partial charge in [-0.1, -0.05) is 12.1 Å². The lowest BCUT2D eigenvalue weighted by Crippen LogP contribution is -2.44. The molecule has 3 N–H and O–H groups in total.